The minimum absolute atomic E-state index is 0.0557. The van der Waals surface area contributed by atoms with Crippen LogP contribution in [0.2, 0.25) is 0 Å². The van der Waals surface area contributed by atoms with Gasteiger partial charge in [0, 0.05) is 11.8 Å². The zero-order chi connectivity index (χ0) is 11.8. The highest BCUT2D eigenvalue weighted by Crippen LogP contribution is 2.53. The Labute approximate surface area is 96.5 Å². The molecule has 0 aromatic heterocycles. The number of carbonyl (C=O) groups is 1. The van der Waals surface area contributed by atoms with Crippen molar-refractivity contribution in [3.8, 4) is 0 Å². The monoisotopic (exact) mass is 224 g/mol. The average Bonchev–Trinajstić information content (AvgIpc) is 2.60. The lowest BCUT2D eigenvalue weighted by Gasteiger charge is -2.40. The summed E-state index contributed by atoms with van der Waals surface area (Å²) in [6.07, 6.45) is 3.65. The zero-order valence-corrected chi connectivity index (χ0v) is 9.87. The van der Waals surface area contributed by atoms with Crippen LogP contribution in [0.3, 0.4) is 0 Å². The number of carbonyl (C=O) groups excluding carboxylic acids is 1. The van der Waals surface area contributed by atoms with Crippen molar-refractivity contribution < 1.29 is 14.6 Å². The lowest BCUT2D eigenvalue weighted by molar-refractivity contribution is -0.121. The summed E-state index contributed by atoms with van der Waals surface area (Å²) < 4.78 is 5.71. The van der Waals surface area contributed by atoms with Gasteiger partial charge >= 0.3 is 0 Å². The van der Waals surface area contributed by atoms with Crippen LogP contribution in [0.25, 0.3) is 0 Å². The van der Waals surface area contributed by atoms with Crippen molar-refractivity contribution >= 4 is 5.78 Å². The second-order valence-electron chi connectivity index (χ2n) is 5.17. The van der Waals surface area contributed by atoms with E-state index >= 15 is 0 Å². The molecular weight excluding hydrogens is 204 g/mol. The third-order valence-electron chi connectivity index (χ3n) is 4.33. The van der Waals surface area contributed by atoms with Gasteiger partial charge < -0.3 is 9.84 Å². The molecule has 3 unspecified atom stereocenters. The number of Topliss-reactive ketones (excluding diaryl/α,β-unsaturated/α-hetero) is 1. The number of hydrogen-bond acceptors (Lipinski definition) is 3. The Hall–Kier alpha value is -0.670. The molecule has 0 aromatic carbocycles. The molecule has 2 aliphatic carbocycles. The fourth-order valence-corrected chi connectivity index (χ4v) is 3.32. The van der Waals surface area contributed by atoms with E-state index in [4.69, 9.17) is 9.84 Å². The first kappa shape index (κ1) is 11.8. The van der Waals surface area contributed by atoms with Crippen LogP contribution < -0.4 is 0 Å². The van der Waals surface area contributed by atoms with E-state index in [0.717, 1.165) is 24.8 Å². The molecule has 0 aliphatic heterocycles. The largest absolute Gasteiger partial charge is 0.394 e. The zero-order valence-electron chi connectivity index (χ0n) is 9.87. The maximum absolute atomic E-state index is 11.6. The molecule has 0 aromatic rings. The van der Waals surface area contributed by atoms with Crippen molar-refractivity contribution in [1.82, 2.24) is 0 Å². The maximum Gasteiger partial charge on any atom is 0.158 e. The maximum atomic E-state index is 11.6. The topological polar surface area (TPSA) is 46.5 Å². The summed E-state index contributed by atoms with van der Waals surface area (Å²) in [6, 6.07) is 0. The second kappa shape index (κ2) is 4.30. The molecule has 90 valence electrons. The normalized spacial score (nSPS) is 38.9. The van der Waals surface area contributed by atoms with Gasteiger partial charge in [-0.3, -0.25) is 4.79 Å². The Morgan fingerprint density at radius 1 is 1.56 bits per heavy atom. The van der Waals surface area contributed by atoms with E-state index in [1.54, 1.807) is 0 Å². The van der Waals surface area contributed by atoms with Crippen LogP contribution in [-0.2, 0) is 9.53 Å². The fraction of sp³-hybridized carbons (Fsp3) is 0.769. The van der Waals surface area contributed by atoms with Gasteiger partial charge in [0.05, 0.1) is 19.3 Å². The highest BCUT2D eigenvalue weighted by Gasteiger charge is 2.51. The summed E-state index contributed by atoms with van der Waals surface area (Å²) in [7, 11) is 0. The standard InChI is InChI=1S/C13H20O3/c1-9-10-3-4-12(16-8-7-14)13(10,2)6-5-11(9)15/h10,12,14H,1,3-8H2,2H3. The molecule has 2 rings (SSSR count). The summed E-state index contributed by atoms with van der Waals surface area (Å²) in [5.74, 6) is 0.516. The predicted octanol–water partition coefficient (Wildman–Crippen LogP) is 1.70. The summed E-state index contributed by atoms with van der Waals surface area (Å²) in [4.78, 5) is 11.6. The number of allylic oxidation sites excluding steroid dienone is 1. The van der Waals surface area contributed by atoms with Gasteiger partial charge in [-0.1, -0.05) is 13.5 Å². The molecule has 16 heavy (non-hydrogen) atoms. The smallest absolute Gasteiger partial charge is 0.158 e. The van der Waals surface area contributed by atoms with Crippen molar-refractivity contribution in [3.05, 3.63) is 12.2 Å². The van der Waals surface area contributed by atoms with Crippen LogP contribution in [-0.4, -0.2) is 30.2 Å². The SMILES string of the molecule is C=C1C(=O)CCC2(C)C(OCCO)CCC12. The van der Waals surface area contributed by atoms with Crippen LogP contribution in [0.15, 0.2) is 12.2 Å². The number of ketones is 1. The molecule has 0 bridgehead atoms. The molecule has 3 atom stereocenters. The third kappa shape index (κ3) is 1.72. The molecule has 3 heteroatoms. The number of fused-ring (bicyclic) bond motifs is 1. The number of aliphatic hydroxyl groups excluding tert-OH is 1. The molecule has 0 spiro atoms. The van der Waals surface area contributed by atoms with Crippen LogP contribution in [0.4, 0.5) is 0 Å². The van der Waals surface area contributed by atoms with Crippen molar-refractivity contribution in [3.63, 3.8) is 0 Å². The minimum atomic E-state index is 0.0557. The summed E-state index contributed by atoms with van der Waals surface area (Å²) in [5.41, 5.74) is 0.851. The number of aliphatic hydroxyl groups is 1. The fourth-order valence-electron chi connectivity index (χ4n) is 3.32. The molecule has 2 fully saturated rings. The Morgan fingerprint density at radius 2 is 2.31 bits per heavy atom. The van der Waals surface area contributed by atoms with E-state index in [9.17, 15) is 4.79 Å². The van der Waals surface area contributed by atoms with Gasteiger partial charge in [-0.15, -0.1) is 0 Å². The molecule has 0 heterocycles. The molecule has 2 aliphatic rings. The second-order valence-corrected chi connectivity index (χ2v) is 5.17. The molecule has 0 saturated heterocycles. The molecule has 0 amide bonds. The minimum Gasteiger partial charge on any atom is -0.394 e. The first-order valence-electron chi connectivity index (χ1n) is 6.04. The van der Waals surface area contributed by atoms with E-state index < -0.39 is 0 Å². The summed E-state index contributed by atoms with van der Waals surface area (Å²) in [5, 5.41) is 8.80. The summed E-state index contributed by atoms with van der Waals surface area (Å²) >= 11 is 0. The molecule has 0 radical (unpaired) electrons. The summed E-state index contributed by atoms with van der Waals surface area (Å²) in [6.45, 7) is 6.60. The molecule has 2 saturated carbocycles. The Balaban J connectivity index is 2.12. The van der Waals surface area contributed by atoms with E-state index in [2.05, 4.69) is 13.5 Å². The Kier molecular flexibility index (Phi) is 3.17. The van der Waals surface area contributed by atoms with Crippen molar-refractivity contribution in [2.24, 2.45) is 11.3 Å². The molecule has 3 nitrogen and oxygen atoms in total. The van der Waals surface area contributed by atoms with Crippen molar-refractivity contribution in [2.45, 2.75) is 38.7 Å². The van der Waals surface area contributed by atoms with E-state index in [-0.39, 0.29) is 29.8 Å². The van der Waals surface area contributed by atoms with Gasteiger partial charge in [-0.05, 0) is 30.8 Å². The Morgan fingerprint density at radius 3 is 3.00 bits per heavy atom. The van der Waals surface area contributed by atoms with Crippen molar-refractivity contribution in [2.75, 3.05) is 13.2 Å². The quantitative estimate of drug-likeness (QED) is 0.742. The van der Waals surface area contributed by atoms with E-state index in [1.807, 2.05) is 0 Å². The predicted molar refractivity (Wildman–Crippen MR) is 61.0 cm³/mol. The van der Waals surface area contributed by atoms with Gasteiger partial charge in [0.2, 0.25) is 0 Å². The van der Waals surface area contributed by atoms with Gasteiger partial charge in [0.1, 0.15) is 0 Å². The number of rotatable bonds is 3. The van der Waals surface area contributed by atoms with Gasteiger partial charge in [0.25, 0.3) is 0 Å². The van der Waals surface area contributed by atoms with Crippen LogP contribution in [0.5, 0.6) is 0 Å². The van der Waals surface area contributed by atoms with Crippen LogP contribution in [0.1, 0.15) is 32.6 Å². The Bertz CT molecular complexity index is 310. The first-order chi connectivity index (χ1) is 7.59. The first-order valence-corrected chi connectivity index (χ1v) is 6.04. The van der Waals surface area contributed by atoms with Crippen molar-refractivity contribution in [1.29, 1.82) is 0 Å². The number of hydrogen-bond donors (Lipinski definition) is 1. The van der Waals surface area contributed by atoms with Crippen LogP contribution in [0, 0.1) is 11.3 Å². The van der Waals surface area contributed by atoms with Gasteiger partial charge in [0.15, 0.2) is 5.78 Å². The third-order valence-corrected chi connectivity index (χ3v) is 4.33. The van der Waals surface area contributed by atoms with Gasteiger partial charge in [-0.25, -0.2) is 0 Å². The lowest BCUT2D eigenvalue weighted by Crippen LogP contribution is -2.40. The van der Waals surface area contributed by atoms with E-state index in [1.165, 1.54) is 0 Å². The molecular formula is C13H20O3. The molecule has 1 N–H and O–H groups in total. The highest BCUT2D eigenvalue weighted by molar-refractivity contribution is 5.96. The average molecular weight is 224 g/mol. The number of ether oxygens (including phenoxy) is 1. The lowest BCUT2D eigenvalue weighted by atomic mass is 9.66. The highest BCUT2D eigenvalue weighted by atomic mass is 16.5. The van der Waals surface area contributed by atoms with Crippen LogP contribution >= 0.6 is 0 Å². The van der Waals surface area contributed by atoms with E-state index in [0.29, 0.717) is 13.0 Å². The van der Waals surface area contributed by atoms with Gasteiger partial charge in [-0.2, -0.15) is 0 Å².